The number of hydrogen-bond donors (Lipinski definition) is 1. The Balaban J connectivity index is 2.08. The van der Waals surface area contributed by atoms with Gasteiger partial charge in [0.05, 0.1) is 11.4 Å². The van der Waals surface area contributed by atoms with Crippen molar-refractivity contribution in [3.8, 4) is 5.75 Å². The van der Waals surface area contributed by atoms with Crippen LogP contribution in [0.15, 0.2) is 18.2 Å². The molecule has 0 radical (unpaired) electrons. The van der Waals surface area contributed by atoms with E-state index in [4.69, 9.17) is 37.8 Å². The molecule has 0 saturated carbocycles. The second kappa shape index (κ2) is 9.27. The monoisotopic (exact) mass is 389 g/mol. The molecule has 1 atom stereocenters. The molecule has 1 aromatic rings. The Morgan fingerprint density at radius 1 is 1.36 bits per heavy atom. The highest BCUT2D eigenvalue weighted by Crippen LogP contribution is 2.29. The quantitative estimate of drug-likeness (QED) is 0.774. The summed E-state index contributed by atoms with van der Waals surface area (Å²) in [7, 11) is 0. The van der Waals surface area contributed by atoms with Gasteiger partial charge in [0.15, 0.2) is 6.10 Å². The van der Waals surface area contributed by atoms with Gasteiger partial charge in [-0.3, -0.25) is 9.59 Å². The molecule has 0 aliphatic carbocycles. The minimum Gasteiger partial charge on any atom is -0.481 e. The van der Waals surface area contributed by atoms with Crippen molar-refractivity contribution in [1.29, 1.82) is 0 Å². The first-order valence-corrected chi connectivity index (χ1v) is 8.86. The van der Waals surface area contributed by atoms with E-state index in [1.54, 1.807) is 24.0 Å². The fourth-order valence-corrected chi connectivity index (χ4v) is 3.18. The van der Waals surface area contributed by atoms with Crippen LogP contribution in [0.5, 0.6) is 5.75 Å². The number of halogens is 2. The number of amides is 1. The first-order chi connectivity index (χ1) is 11.9. The highest BCUT2D eigenvalue weighted by Gasteiger charge is 2.30. The van der Waals surface area contributed by atoms with Gasteiger partial charge in [-0.1, -0.05) is 23.2 Å². The second-order valence-electron chi connectivity index (χ2n) is 5.85. The maximum Gasteiger partial charge on any atom is 0.305 e. The van der Waals surface area contributed by atoms with Gasteiger partial charge in [0, 0.05) is 30.8 Å². The van der Waals surface area contributed by atoms with Crippen LogP contribution in [0.25, 0.3) is 0 Å². The predicted octanol–water partition coefficient (Wildman–Crippen LogP) is 3.24. The molecule has 1 saturated heterocycles. The molecular weight excluding hydrogens is 369 g/mol. The molecule has 0 aromatic heterocycles. The van der Waals surface area contributed by atoms with Crippen molar-refractivity contribution in [3.63, 3.8) is 0 Å². The average molecular weight is 390 g/mol. The van der Waals surface area contributed by atoms with E-state index in [9.17, 15) is 9.59 Å². The molecule has 25 heavy (non-hydrogen) atoms. The molecule has 1 N–H and O–H groups in total. The zero-order valence-corrected chi connectivity index (χ0v) is 15.4. The van der Waals surface area contributed by atoms with Crippen LogP contribution in [-0.4, -0.2) is 53.8 Å². The molecular formula is C17H21Cl2NO5. The minimum atomic E-state index is -0.945. The van der Waals surface area contributed by atoms with Gasteiger partial charge in [0.25, 0.3) is 5.91 Å². The van der Waals surface area contributed by atoms with Gasteiger partial charge in [-0.05, 0) is 38.0 Å². The van der Waals surface area contributed by atoms with E-state index in [2.05, 4.69) is 0 Å². The van der Waals surface area contributed by atoms with Crippen molar-refractivity contribution in [1.82, 2.24) is 4.90 Å². The largest absolute Gasteiger partial charge is 0.481 e. The summed E-state index contributed by atoms with van der Waals surface area (Å²) >= 11 is 11.9. The molecule has 1 fully saturated rings. The maximum atomic E-state index is 12.8. The highest BCUT2D eigenvalue weighted by atomic mass is 35.5. The summed E-state index contributed by atoms with van der Waals surface area (Å²) in [6, 6.07) is 4.72. The number of carbonyl (C=O) groups is 2. The van der Waals surface area contributed by atoms with Crippen molar-refractivity contribution in [2.75, 3.05) is 19.8 Å². The summed E-state index contributed by atoms with van der Waals surface area (Å²) in [6.07, 6.45) is 0.451. The van der Waals surface area contributed by atoms with Crippen LogP contribution in [0, 0.1) is 0 Å². The molecule has 1 aromatic carbocycles. The van der Waals surface area contributed by atoms with E-state index in [0.717, 1.165) is 0 Å². The third kappa shape index (κ3) is 5.76. The fourth-order valence-electron chi connectivity index (χ4n) is 2.73. The summed E-state index contributed by atoms with van der Waals surface area (Å²) in [5.41, 5.74) is 0. The molecule has 0 unspecified atom stereocenters. The number of benzene rings is 1. The van der Waals surface area contributed by atoms with Crippen LogP contribution in [0.2, 0.25) is 10.0 Å². The number of rotatable bonds is 7. The van der Waals surface area contributed by atoms with Crippen LogP contribution >= 0.6 is 23.2 Å². The topological polar surface area (TPSA) is 76.1 Å². The van der Waals surface area contributed by atoms with Gasteiger partial charge < -0.3 is 19.5 Å². The Hall–Kier alpha value is -1.50. The van der Waals surface area contributed by atoms with Crippen LogP contribution in [-0.2, 0) is 14.3 Å². The number of hydrogen-bond acceptors (Lipinski definition) is 4. The number of carboxylic acids is 1. The van der Waals surface area contributed by atoms with E-state index in [-0.39, 0.29) is 24.9 Å². The molecule has 1 aliphatic rings. The van der Waals surface area contributed by atoms with Crippen molar-refractivity contribution in [2.45, 2.75) is 38.3 Å². The minimum absolute atomic E-state index is 0.0488. The predicted molar refractivity (Wildman–Crippen MR) is 94.4 cm³/mol. The van der Waals surface area contributed by atoms with E-state index in [0.29, 0.717) is 41.9 Å². The molecule has 138 valence electrons. The number of nitrogens with zero attached hydrogens (tertiary/aromatic N) is 1. The SMILES string of the molecule is C[C@H](Oc1ccc(Cl)cc1Cl)C(=O)N(CCC(=O)O)C1CCOCC1. The van der Waals surface area contributed by atoms with E-state index >= 15 is 0 Å². The van der Waals surface area contributed by atoms with Gasteiger partial charge in [0.2, 0.25) is 0 Å². The van der Waals surface area contributed by atoms with E-state index in [1.807, 2.05) is 0 Å². The standard InChI is InChI=1S/C17H21Cl2NO5/c1-11(25-15-3-2-12(18)10-14(15)19)17(23)20(7-4-16(21)22)13-5-8-24-9-6-13/h2-3,10-11,13H,4-9H2,1H3,(H,21,22)/t11-/m0/s1. The Kier molecular flexibility index (Phi) is 7.35. The third-order valence-electron chi connectivity index (χ3n) is 4.03. The fraction of sp³-hybridized carbons (Fsp3) is 0.529. The number of ether oxygens (including phenoxy) is 2. The summed E-state index contributed by atoms with van der Waals surface area (Å²) in [5, 5.41) is 9.74. The zero-order valence-electron chi connectivity index (χ0n) is 13.9. The van der Waals surface area contributed by atoms with Crippen molar-refractivity contribution in [2.24, 2.45) is 0 Å². The Morgan fingerprint density at radius 3 is 2.64 bits per heavy atom. The molecule has 2 rings (SSSR count). The molecule has 0 spiro atoms. The number of carboxylic acid groups (broad SMARTS) is 1. The normalized spacial score (nSPS) is 16.3. The van der Waals surface area contributed by atoms with Gasteiger partial charge in [0.1, 0.15) is 5.75 Å². The van der Waals surface area contributed by atoms with Gasteiger partial charge >= 0.3 is 5.97 Å². The van der Waals surface area contributed by atoms with Crippen LogP contribution in [0.1, 0.15) is 26.2 Å². The first kappa shape index (κ1) is 19.8. The van der Waals surface area contributed by atoms with Gasteiger partial charge in [-0.15, -0.1) is 0 Å². The van der Waals surface area contributed by atoms with Crippen LogP contribution < -0.4 is 4.74 Å². The molecule has 1 aliphatic heterocycles. The Bertz CT molecular complexity index is 619. The Morgan fingerprint density at radius 2 is 2.04 bits per heavy atom. The van der Waals surface area contributed by atoms with Crippen LogP contribution in [0.4, 0.5) is 0 Å². The summed E-state index contributed by atoms with van der Waals surface area (Å²) in [4.78, 5) is 25.3. The summed E-state index contributed by atoms with van der Waals surface area (Å²) < 4.78 is 11.0. The lowest BCUT2D eigenvalue weighted by molar-refractivity contribution is -0.144. The molecule has 1 amide bonds. The van der Waals surface area contributed by atoms with E-state index < -0.39 is 12.1 Å². The van der Waals surface area contributed by atoms with Crippen molar-refractivity contribution < 1.29 is 24.2 Å². The lowest BCUT2D eigenvalue weighted by atomic mass is 10.1. The molecule has 1 heterocycles. The average Bonchev–Trinajstić information content (AvgIpc) is 2.58. The van der Waals surface area contributed by atoms with Crippen molar-refractivity contribution >= 4 is 35.1 Å². The molecule has 0 bridgehead atoms. The zero-order chi connectivity index (χ0) is 18.4. The maximum absolute atomic E-state index is 12.8. The third-order valence-corrected chi connectivity index (χ3v) is 4.56. The smallest absolute Gasteiger partial charge is 0.305 e. The van der Waals surface area contributed by atoms with E-state index in [1.165, 1.54) is 6.07 Å². The van der Waals surface area contributed by atoms with Crippen molar-refractivity contribution in [3.05, 3.63) is 28.2 Å². The first-order valence-electron chi connectivity index (χ1n) is 8.10. The molecule has 8 heteroatoms. The summed E-state index contributed by atoms with van der Waals surface area (Å²) in [5.74, 6) is -0.851. The lowest BCUT2D eigenvalue weighted by Crippen LogP contribution is -2.49. The van der Waals surface area contributed by atoms with Gasteiger partial charge in [-0.25, -0.2) is 0 Å². The highest BCUT2D eigenvalue weighted by molar-refractivity contribution is 6.35. The number of aliphatic carboxylic acids is 1. The molecule has 6 nitrogen and oxygen atoms in total. The number of carbonyl (C=O) groups excluding carboxylic acids is 1. The van der Waals surface area contributed by atoms with Crippen LogP contribution in [0.3, 0.4) is 0 Å². The second-order valence-corrected chi connectivity index (χ2v) is 6.70. The Labute approximate surface area is 156 Å². The summed E-state index contributed by atoms with van der Waals surface area (Å²) in [6.45, 7) is 2.88. The van der Waals surface area contributed by atoms with Gasteiger partial charge in [-0.2, -0.15) is 0 Å². The lowest BCUT2D eigenvalue weighted by Gasteiger charge is -2.35.